The number of urea groups is 2. The number of imide groups is 1. The Balaban J connectivity index is 1.60. The first-order valence-electron chi connectivity index (χ1n) is 8.55. The largest absolute Gasteiger partial charge is 0.381 e. The minimum absolute atomic E-state index is 0.0425. The molecular formula is C18H24N4O3. The minimum Gasteiger partial charge on any atom is -0.381 e. The second-order valence-corrected chi connectivity index (χ2v) is 6.30. The lowest BCUT2D eigenvalue weighted by atomic mass is 10.1. The third-order valence-corrected chi connectivity index (χ3v) is 4.62. The maximum Gasteiger partial charge on any atom is 0.328 e. The molecule has 1 aromatic carbocycles. The molecule has 0 saturated carbocycles. The summed E-state index contributed by atoms with van der Waals surface area (Å²) in [5.74, 6) is 0. The van der Waals surface area contributed by atoms with Crippen molar-refractivity contribution in [2.75, 3.05) is 13.2 Å². The molecule has 25 heavy (non-hydrogen) atoms. The number of nitrogens with one attached hydrogen (secondary N) is 3. The third-order valence-electron chi connectivity index (χ3n) is 4.62. The third kappa shape index (κ3) is 4.00. The zero-order valence-corrected chi connectivity index (χ0v) is 14.3. The standard InChI is InChI=1S/C18H24N4O3/c1-3-13-4-6-14(7-5-13)12(2)19-16-20-17(23)22(18(24)21-16)15-8-10-25-11-9-15/h3-7,12,15-16,19H,1,8-11H2,2H3,(H,20,23)(H,21,24). The van der Waals surface area contributed by atoms with Crippen LogP contribution in [0.25, 0.3) is 6.08 Å². The Hall–Kier alpha value is -2.38. The molecule has 7 heteroatoms. The zero-order valence-electron chi connectivity index (χ0n) is 14.3. The van der Waals surface area contributed by atoms with Gasteiger partial charge in [0.05, 0.1) is 0 Å². The van der Waals surface area contributed by atoms with E-state index in [-0.39, 0.29) is 24.1 Å². The van der Waals surface area contributed by atoms with Crippen LogP contribution in [-0.4, -0.2) is 42.5 Å². The fourth-order valence-corrected chi connectivity index (χ4v) is 3.14. The van der Waals surface area contributed by atoms with E-state index in [9.17, 15) is 9.59 Å². The van der Waals surface area contributed by atoms with Crippen molar-refractivity contribution in [1.82, 2.24) is 20.9 Å². The molecule has 0 aromatic heterocycles. The van der Waals surface area contributed by atoms with Gasteiger partial charge in [-0.3, -0.25) is 5.32 Å². The van der Waals surface area contributed by atoms with E-state index in [4.69, 9.17) is 4.74 Å². The fraction of sp³-hybridized carbons (Fsp3) is 0.444. The second-order valence-electron chi connectivity index (χ2n) is 6.30. The lowest BCUT2D eigenvalue weighted by Crippen LogP contribution is -2.70. The summed E-state index contributed by atoms with van der Waals surface area (Å²) in [6, 6.07) is 7.05. The second kappa shape index (κ2) is 7.67. The van der Waals surface area contributed by atoms with Gasteiger partial charge in [-0.1, -0.05) is 36.9 Å². The lowest BCUT2D eigenvalue weighted by molar-refractivity contribution is 0.0492. The molecule has 134 valence electrons. The van der Waals surface area contributed by atoms with E-state index in [0.717, 1.165) is 11.1 Å². The molecule has 1 atom stereocenters. The Bertz CT molecular complexity index is 622. The van der Waals surface area contributed by atoms with Crippen LogP contribution in [0, 0.1) is 0 Å². The Kier molecular flexibility index (Phi) is 5.35. The number of benzene rings is 1. The highest BCUT2D eigenvalue weighted by molar-refractivity contribution is 5.96. The van der Waals surface area contributed by atoms with Crippen LogP contribution in [0.5, 0.6) is 0 Å². The normalized spacial score (nSPS) is 20.8. The molecule has 2 heterocycles. The molecule has 3 rings (SSSR count). The first-order valence-corrected chi connectivity index (χ1v) is 8.55. The van der Waals surface area contributed by atoms with Gasteiger partial charge in [-0.25, -0.2) is 14.5 Å². The molecule has 0 spiro atoms. The summed E-state index contributed by atoms with van der Waals surface area (Å²) < 4.78 is 5.29. The Morgan fingerprint density at radius 2 is 1.80 bits per heavy atom. The molecule has 2 saturated heterocycles. The minimum atomic E-state index is -0.606. The maximum absolute atomic E-state index is 12.4. The van der Waals surface area contributed by atoms with E-state index in [1.807, 2.05) is 31.2 Å². The highest BCUT2D eigenvalue weighted by atomic mass is 16.5. The quantitative estimate of drug-likeness (QED) is 0.764. The topological polar surface area (TPSA) is 82.7 Å². The highest BCUT2D eigenvalue weighted by Gasteiger charge is 2.37. The molecule has 2 aliphatic heterocycles. The summed E-state index contributed by atoms with van der Waals surface area (Å²) in [6.45, 7) is 6.86. The number of hydrogen-bond acceptors (Lipinski definition) is 4. The SMILES string of the molecule is C=Cc1ccc(C(C)NC2NC(=O)N(C3CCOCC3)C(=O)N2)cc1. The van der Waals surface area contributed by atoms with Crippen molar-refractivity contribution in [2.24, 2.45) is 0 Å². The summed E-state index contributed by atoms with van der Waals surface area (Å²) >= 11 is 0. The summed E-state index contributed by atoms with van der Waals surface area (Å²) in [4.78, 5) is 26.0. The number of hydrogen-bond donors (Lipinski definition) is 3. The number of nitrogens with zero attached hydrogens (tertiary/aromatic N) is 1. The van der Waals surface area contributed by atoms with Crippen LogP contribution in [0.1, 0.15) is 36.9 Å². The number of carbonyl (C=O) groups excluding carboxylic acids is 2. The van der Waals surface area contributed by atoms with Gasteiger partial charge in [-0.05, 0) is 30.9 Å². The number of carbonyl (C=O) groups is 2. The van der Waals surface area contributed by atoms with E-state index in [1.165, 1.54) is 4.90 Å². The number of amides is 4. The van der Waals surface area contributed by atoms with Crippen molar-refractivity contribution in [3.63, 3.8) is 0 Å². The number of rotatable bonds is 5. The molecule has 4 amide bonds. The van der Waals surface area contributed by atoms with Crippen molar-refractivity contribution in [3.05, 3.63) is 42.0 Å². The molecule has 1 unspecified atom stereocenters. The van der Waals surface area contributed by atoms with Gasteiger partial charge in [0.25, 0.3) is 0 Å². The van der Waals surface area contributed by atoms with Gasteiger partial charge in [0.2, 0.25) is 0 Å². The van der Waals surface area contributed by atoms with Gasteiger partial charge in [-0.15, -0.1) is 0 Å². The summed E-state index contributed by atoms with van der Waals surface area (Å²) in [5.41, 5.74) is 2.10. The molecule has 0 bridgehead atoms. The Labute approximate surface area is 147 Å². The van der Waals surface area contributed by atoms with E-state index in [2.05, 4.69) is 22.5 Å². The average molecular weight is 344 g/mol. The lowest BCUT2D eigenvalue weighted by Gasteiger charge is -2.39. The summed E-state index contributed by atoms with van der Waals surface area (Å²) in [7, 11) is 0. The molecule has 2 fully saturated rings. The van der Waals surface area contributed by atoms with Crippen molar-refractivity contribution in [1.29, 1.82) is 0 Å². The fourth-order valence-electron chi connectivity index (χ4n) is 3.14. The molecule has 1 aromatic rings. The van der Waals surface area contributed by atoms with Gasteiger partial charge in [0.1, 0.15) is 0 Å². The van der Waals surface area contributed by atoms with Crippen LogP contribution < -0.4 is 16.0 Å². The van der Waals surface area contributed by atoms with Gasteiger partial charge in [0.15, 0.2) is 6.29 Å². The van der Waals surface area contributed by atoms with E-state index in [1.54, 1.807) is 6.08 Å². The van der Waals surface area contributed by atoms with Crippen LogP contribution >= 0.6 is 0 Å². The Morgan fingerprint density at radius 1 is 1.20 bits per heavy atom. The van der Waals surface area contributed by atoms with Crippen LogP contribution in [0.3, 0.4) is 0 Å². The molecule has 0 aliphatic carbocycles. The molecule has 2 aliphatic rings. The van der Waals surface area contributed by atoms with Crippen LogP contribution in [-0.2, 0) is 4.74 Å². The van der Waals surface area contributed by atoms with Gasteiger partial charge >= 0.3 is 12.1 Å². The molecule has 7 nitrogen and oxygen atoms in total. The molecule has 3 N–H and O–H groups in total. The van der Waals surface area contributed by atoms with E-state index in [0.29, 0.717) is 26.1 Å². The average Bonchev–Trinajstić information content (AvgIpc) is 2.62. The predicted octanol–water partition coefficient (Wildman–Crippen LogP) is 2.18. The number of ether oxygens (including phenoxy) is 1. The maximum atomic E-state index is 12.4. The zero-order chi connectivity index (χ0) is 17.8. The predicted molar refractivity (Wildman–Crippen MR) is 94.6 cm³/mol. The van der Waals surface area contributed by atoms with Crippen LogP contribution in [0.2, 0.25) is 0 Å². The molecular weight excluding hydrogens is 320 g/mol. The van der Waals surface area contributed by atoms with Crippen molar-refractivity contribution in [3.8, 4) is 0 Å². The van der Waals surface area contributed by atoms with Gasteiger partial charge < -0.3 is 15.4 Å². The first-order chi connectivity index (χ1) is 12.1. The van der Waals surface area contributed by atoms with Crippen molar-refractivity contribution < 1.29 is 14.3 Å². The van der Waals surface area contributed by atoms with Crippen LogP contribution in [0.4, 0.5) is 9.59 Å². The van der Waals surface area contributed by atoms with Crippen molar-refractivity contribution >= 4 is 18.1 Å². The van der Waals surface area contributed by atoms with Crippen LogP contribution in [0.15, 0.2) is 30.8 Å². The van der Waals surface area contributed by atoms with Gasteiger partial charge in [-0.2, -0.15) is 0 Å². The smallest absolute Gasteiger partial charge is 0.328 e. The Morgan fingerprint density at radius 3 is 2.36 bits per heavy atom. The van der Waals surface area contributed by atoms with Gasteiger partial charge in [0, 0.05) is 25.3 Å². The van der Waals surface area contributed by atoms with E-state index < -0.39 is 6.29 Å². The van der Waals surface area contributed by atoms with E-state index >= 15 is 0 Å². The molecule has 0 radical (unpaired) electrons. The summed E-state index contributed by atoms with van der Waals surface area (Å²) in [6.07, 6.45) is 2.52. The van der Waals surface area contributed by atoms with Crippen molar-refractivity contribution in [2.45, 2.75) is 38.1 Å². The monoisotopic (exact) mass is 344 g/mol. The first kappa shape index (κ1) is 17.4. The summed E-state index contributed by atoms with van der Waals surface area (Å²) in [5, 5.41) is 8.82. The highest BCUT2D eigenvalue weighted by Crippen LogP contribution is 2.18.